The van der Waals surface area contributed by atoms with Crippen LogP contribution in [-0.2, 0) is 4.79 Å². The van der Waals surface area contributed by atoms with E-state index in [4.69, 9.17) is 10.8 Å². The van der Waals surface area contributed by atoms with Gasteiger partial charge in [0.05, 0.1) is 5.92 Å². The average molecular weight is 193 g/mol. The maximum atomic E-state index is 10.8. The van der Waals surface area contributed by atoms with E-state index in [0.29, 0.717) is 6.54 Å². The van der Waals surface area contributed by atoms with E-state index in [-0.39, 0.29) is 5.92 Å². The van der Waals surface area contributed by atoms with Gasteiger partial charge in [-0.05, 0) is 5.56 Å². The molecule has 76 valence electrons. The van der Waals surface area contributed by atoms with Crippen molar-refractivity contribution in [2.24, 2.45) is 11.7 Å². The summed E-state index contributed by atoms with van der Waals surface area (Å²) >= 11 is 0. The molecule has 0 aromatic heterocycles. The van der Waals surface area contributed by atoms with Gasteiger partial charge in [-0.25, -0.2) is 0 Å². The molecule has 3 nitrogen and oxygen atoms in total. The molecule has 0 aliphatic heterocycles. The lowest BCUT2D eigenvalue weighted by atomic mass is 9.87. The molecule has 14 heavy (non-hydrogen) atoms. The molecule has 3 heteroatoms. The quantitative estimate of drug-likeness (QED) is 0.760. The lowest BCUT2D eigenvalue weighted by molar-refractivity contribution is -0.141. The molecule has 3 N–H and O–H groups in total. The third-order valence-corrected chi connectivity index (χ3v) is 2.47. The Morgan fingerprint density at radius 2 is 2.00 bits per heavy atom. The Labute approximate surface area is 83.6 Å². The Hall–Kier alpha value is -1.35. The van der Waals surface area contributed by atoms with Crippen molar-refractivity contribution < 1.29 is 9.90 Å². The van der Waals surface area contributed by atoms with Gasteiger partial charge < -0.3 is 10.8 Å². The summed E-state index contributed by atoms with van der Waals surface area (Å²) < 4.78 is 0. The van der Waals surface area contributed by atoms with Crippen LogP contribution in [0.5, 0.6) is 0 Å². The van der Waals surface area contributed by atoms with Crippen molar-refractivity contribution in [1.29, 1.82) is 0 Å². The van der Waals surface area contributed by atoms with Gasteiger partial charge in [0.25, 0.3) is 0 Å². The summed E-state index contributed by atoms with van der Waals surface area (Å²) in [5.74, 6) is -1.35. The predicted octanol–water partition coefficient (Wildman–Crippen LogP) is 1.45. The number of hydrogen-bond acceptors (Lipinski definition) is 2. The standard InChI is InChI=1S/C11H15NO2/c1-8(11(13)14)10(7-12)9-5-3-2-4-6-9/h2-6,8,10H,7,12H2,1H3,(H,13,14). The molecule has 0 spiro atoms. The Kier molecular flexibility index (Phi) is 3.65. The zero-order valence-corrected chi connectivity index (χ0v) is 8.18. The molecule has 0 saturated carbocycles. The molecular formula is C11H15NO2. The molecule has 1 rings (SSSR count). The van der Waals surface area contributed by atoms with Gasteiger partial charge in [-0.3, -0.25) is 4.79 Å². The first-order valence-electron chi connectivity index (χ1n) is 4.64. The second kappa shape index (κ2) is 4.77. The second-order valence-corrected chi connectivity index (χ2v) is 3.38. The van der Waals surface area contributed by atoms with Crippen molar-refractivity contribution in [2.45, 2.75) is 12.8 Å². The highest BCUT2D eigenvalue weighted by molar-refractivity contribution is 5.71. The number of rotatable bonds is 4. The van der Waals surface area contributed by atoms with Gasteiger partial charge >= 0.3 is 5.97 Å². The van der Waals surface area contributed by atoms with Gasteiger partial charge in [-0.1, -0.05) is 37.3 Å². The largest absolute Gasteiger partial charge is 0.481 e. The van der Waals surface area contributed by atoms with Crippen molar-refractivity contribution in [3.05, 3.63) is 35.9 Å². The fourth-order valence-corrected chi connectivity index (χ4v) is 1.50. The summed E-state index contributed by atoms with van der Waals surface area (Å²) in [6, 6.07) is 9.52. The maximum absolute atomic E-state index is 10.8. The molecule has 0 saturated heterocycles. The van der Waals surface area contributed by atoms with Gasteiger partial charge in [0.15, 0.2) is 0 Å². The third kappa shape index (κ3) is 2.33. The summed E-state index contributed by atoms with van der Waals surface area (Å²) in [6.45, 7) is 2.05. The van der Waals surface area contributed by atoms with Crippen molar-refractivity contribution in [3.63, 3.8) is 0 Å². The molecule has 0 heterocycles. The molecule has 0 radical (unpaired) electrons. The summed E-state index contributed by atoms with van der Waals surface area (Å²) in [6.07, 6.45) is 0. The topological polar surface area (TPSA) is 63.3 Å². The number of benzene rings is 1. The van der Waals surface area contributed by atoms with Crippen molar-refractivity contribution in [1.82, 2.24) is 0 Å². The van der Waals surface area contributed by atoms with E-state index in [0.717, 1.165) is 5.56 Å². The first-order chi connectivity index (χ1) is 6.66. The van der Waals surface area contributed by atoms with Crippen LogP contribution in [0.25, 0.3) is 0 Å². The molecule has 0 aliphatic carbocycles. The SMILES string of the molecule is CC(C(=O)O)C(CN)c1ccccc1. The van der Waals surface area contributed by atoms with E-state index >= 15 is 0 Å². The monoisotopic (exact) mass is 193 g/mol. The molecule has 1 aromatic rings. The number of carboxylic acids is 1. The van der Waals surface area contributed by atoms with E-state index in [9.17, 15) is 4.79 Å². The smallest absolute Gasteiger partial charge is 0.306 e. The fraction of sp³-hybridized carbons (Fsp3) is 0.364. The van der Waals surface area contributed by atoms with Crippen molar-refractivity contribution in [3.8, 4) is 0 Å². The maximum Gasteiger partial charge on any atom is 0.306 e. The first-order valence-corrected chi connectivity index (χ1v) is 4.64. The van der Waals surface area contributed by atoms with E-state index < -0.39 is 11.9 Å². The molecule has 0 bridgehead atoms. The minimum absolute atomic E-state index is 0.103. The number of aliphatic carboxylic acids is 1. The summed E-state index contributed by atoms with van der Waals surface area (Å²) in [7, 11) is 0. The summed E-state index contributed by atoms with van der Waals surface area (Å²) in [5.41, 5.74) is 6.57. The summed E-state index contributed by atoms with van der Waals surface area (Å²) in [4.78, 5) is 10.8. The highest BCUT2D eigenvalue weighted by Gasteiger charge is 2.23. The van der Waals surface area contributed by atoms with Crippen LogP contribution in [0.15, 0.2) is 30.3 Å². The predicted molar refractivity (Wildman–Crippen MR) is 55.0 cm³/mol. The number of carbonyl (C=O) groups is 1. The normalized spacial score (nSPS) is 14.7. The Morgan fingerprint density at radius 1 is 1.43 bits per heavy atom. The highest BCUT2D eigenvalue weighted by atomic mass is 16.4. The van der Waals surface area contributed by atoms with Crippen LogP contribution in [0, 0.1) is 5.92 Å². The number of hydrogen-bond donors (Lipinski definition) is 2. The van der Waals surface area contributed by atoms with Gasteiger partial charge in [-0.2, -0.15) is 0 Å². The Bertz CT molecular complexity index is 297. The zero-order valence-electron chi connectivity index (χ0n) is 8.18. The molecule has 0 fully saturated rings. The van der Waals surface area contributed by atoms with Crippen LogP contribution in [0.3, 0.4) is 0 Å². The molecule has 0 aliphatic rings. The second-order valence-electron chi connectivity index (χ2n) is 3.38. The lowest BCUT2D eigenvalue weighted by Gasteiger charge is -2.19. The average Bonchev–Trinajstić information content (AvgIpc) is 2.20. The summed E-state index contributed by atoms with van der Waals surface area (Å²) in [5, 5.41) is 8.89. The van der Waals surface area contributed by atoms with Crippen LogP contribution in [0.2, 0.25) is 0 Å². The van der Waals surface area contributed by atoms with Crippen molar-refractivity contribution >= 4 is 5.97 Å². The van der Waals surface area contributed by atoms with Gasteiger partial charge in [-0.15, -0.1) is 0 Å². The van der Waals surface area contributed by atoms with Crippen LogP contribution < -0.4 is 5.73 Å². The van der Waals surface area contributed by atoms with Gasteiger partial charge in [0, 0.05) is 12.5 Å². The minimum Gasteiger partial charge on any atom is -0.481 e. The Morgan fingerprint density at radius 3 is 2.43 bits per heavy atom. The van der Waals surface area contributed by atoms with Gasteiger partial charge in [0.1, 0.15) is 0 Å². The van der Waals surface area contributed by atoms with Crippen LogP contribution >= 0.6 is 0 Å². The van der Waals surface area contributed by atoms with E-state index in [1.165, 1.54) is 0 Å². The highest BCUT2D eigenvalue weighted by Crippen LogP contribution is 2.23. The number of nitrogens with two attached hydrogens (primary N) is 1. The molecule has 2 unspecified atom stereocenters. The van der Waals surface area contributed by atoms with Crippen LogP contribution in [-0.4, -0.2) is 17.6 Å². The molecule has 0 amide bonds. The van der Waals surface area contributed by atoms with E-state index in [1.807, 2.05) is 30.3 Å². The molecular weight excluding hydrogens is 178 g/mol. The minimum atomic E-state index is -0.802. The van der Waals surface area contributed by atoms with Gasteiger partial charge in [0.2, 0.25) is 0 Å². The van der Waals surface area contributed by atoms with Crippen LogP contribution in [0.4, 0.5) is 0 Å². The zero-order chi connectivity index (χ0) is 10.6. The van der Waals surface area contributed by atoms with Crippen LogP contribution in [0.1, 0.15) is 18.4 Å². The molecule has 2 atom stereocenters. The third-order valence-electron chi connectivity index (χ3n) is 2.47. The first kappa shape index (κ1) is 10.7. The fourth-order valence-electron chi connectivity index (χ4n) is 1.50. The molecule has 1 aromatic carbocycles. The lowest BCUT2D eigenvalue weighted by Crippen LogP contribution is -2.25. The Balaban J connectivity index is 2.87. The van der Waals surface area contributed by atoms with E-state index in [1.54, 1.807) is 6.92 Å². The van der Waals surface area contributed by atoms with Crippen molar-refractivity contribution in [2.75, 3.05) is 6.54 Å². The van der Waals surface area contributed by atoms with E-state index in [2.05, 4.69) is 0 Å². The number of carboxylic acid groups (broad SMARTS) is 1.